The molecule has 0 radical (unpaired) electrons. The molecule has 2 heterocycles. The summed E-state index contributed by atoms with van der Waals surface area (Å²) in [6, 6.07) is 1.84. The van der Waals surface area contributed by atoms with Crippen LogP contribution in [0.25, 0.3) is 11.4 Å². The summed E-state index contributed by atoms with van der Waals surface area (Å²) in [7, 11) is 3.77. The molecule has 0 saturated carbocycles. The second-order valence-corrected chi connectivity index (χ2v) is 3.68. The van der Waals surface area contributed by atoms with Crippen molar-refractivity contribution in [1.29, 1.82) is 0 Å². The van der Waals surface area contributed by atoms with Crippen molar-refractivity contribution in [2.45, 2.75) is 13.8 Å². The van der Waals surface area contributed by atoms with Gasteiger partial charge in [0.1, 0.15) is 5.82 Å². The quantitative estimate of drug-likeness (QED) is 0.829. The van der Waals surface area contributed by atoms with Gasteiger partial charge in [-0.25, -0.2) is 9.97 Å². The van der Waals surface area contributed by atoms with Crippen LogP contribution in [0, 0.1) is 13.8 Å². The van der Waals surface area contributed by atoms with E-state index in [1.807, 2.05) is 38.7 Å². The predicted octanol–water partition coefficient (Wildman–Crippen LogP) is 1.54. The Hall–Kier alpha value is -1.91. The summed E-state index contributed by atoms with van der Waals surface area (Å²) in [4.78, 5) is 8.71. The van der Waals surface area contributed by atoms with Gasteiger partial charge in [-0.05, 0) is 19.9 Å². The number of hydrogen-bond donors (Lipinski definition) is 1. The van der Waals surface area contributed by atoms with E-state index in [2.05, 4.69) is 20.4 Å². The summed E-state index contributed by atoms with van der Waals surface area (Å²) >= 11 is 0. The largest absolute Gasteiger partial charge is 0.373 e. The van der Waals surface area contributed by atoms with Crippen molar-refractivity contribution >= 4 is 5.82 Å². The highest BCUT2D eigenvalue weighted by atomic mass is 15.3. The lowest BCUT2D eigenvalue weighted by Crippen LogP contribution is -1.97. The standard InChI is InChI=1S/C11H15N5/c1-7-10(8(2)16(4)15-7)11-13-6-5-9(12-3)14-11/h5-6H,1-4H3,(H,12,13,14). The van der Waals surface area contributed by atoms with Crippen molar-refractivity contribution in [2.75, 3.05) is 12.4 Å². The molecular weight excluding hydrogens is 202 g/mol. The Morgan fingerprint density at radius 2 is 2.06 bits per heavy atom. The minimum atomic E-state index is 0.718. The molecule has 0 aliphatic carbocycles. The van der Waals surface area contributed by atoms with Crippen molar-refractivity contribution in [1.82, 2.24) is 19.7 Å². The number of rotatable bonds is 2. The molecule has 0 fully saturated rings. The third-order valence-corrected chi connectivity index (χ3v) is 2.64. The number of hydrogen-bond acceptors (Lipinski definition) is 4. The van der Waals surface area contributed by atoms with Gasteiger partial charge in [-0.1, -0.05) is 0 Å². The van der Waals surface area contributed by atoms with Crippen LogP contribution in [0.1, 0.15) is 11.4 Å². The van der Waals surface area contributed by atoms with Gasteiger partial charge in [0.2, 0.25) is 0 Å². The summed E-state index contributed by atoms with van der Waals surface area (Å²) in [5.74, 6) is 1.53. The lowest BCUT2D eigenvalue weighted by molar-refractivity contribution is 0.731. The SMILES string of the molecule is CNc1ccnc(-c2c(C)nn(C)c2C)n1. The van der Waals surface area contributed by atoms with E-state index in [1.165, 1.54) is 0 Å². The average Bonchev–Trinajstić information content (AvgIpc) is 2.53. The fourth-order valence-electron chi connectivity index (χ4n) is 1.72. The van der Waals surface area contributed by atoms with Crippen molar-refractivity contribution in [3.8, 4) is 11.4 Å². The number of aryl methyl sites for hydroxylation is 2. The van der Waals surface area contributed by atoms with Crippen LogP contribution in [0.4, 0.5) is 5.82 Å². The fraction of sp³-hybridized carbons (Fsp3) is 0.364. The molecule has 84 valence electrons. The molecule has 0 amide bonds. The second-order valence-electron chi connectivity index (χ2n) is 3.68. The predicted molar refractivity (Wildman–Crippen MR) is 63.3 cm³/mol. The molecule has 0 aliphatic rings. The van der Waals surface area contributed by atoms with Crippen LogP contribution < -0.4 is 5.32 Å². The Balaban J connectivity index is 2.58. The normalized spacial score (nSPS) is 10.5. The summed E-state index contributed by atoms with van der Waals surface area (Å²) in [6.45, 7) is 3.99. The first kappa shape index (κ1) is 10.6. The molecule has 0 aromatic carbocycles. The molecule has 1 N–H and O–H groups in total. The molecule has 0 spiro atoms. The molecule has 0 bridgehead atoms. The van der Waals surface area contributed by atoms with E-state index in [1.54, 1.807) is 6.20 Å². The number of nitrogens with one attached hydrogen (secondary N) is 1. The molecule has 5 nitrogen and oxygen atoms in total. The van der Waals surface area contributed by atoms with Gasteiger partial charge >= 0.3 is 0 Å². The van der Waals surface area contributed by atoms with Crippen molar-refractivity contribution in [2.24, 2.45) is 7.05 Å². The molecule has 0 aliphatic heterocycles. The third-order valence-electron chi connectivity index (χ3n) is 2.64. The lowest BCUT2D eigenvalue weighted by Gasteiger charge is -2.03. The fourth-order valence-corrected chi connectivity index (χ4v) is 1.72. The summed E-state index contributed by atoms with van der Waals surface area (Å²) in [5, 5.41) is 7.36. The molecule has 2 rings (SSSR count). The number of nitrogens with zero attached hydrogens (tertiary/aromatic N) is 4. The van der Waals surface area contributed by atoms with Crippen LogP contribution in [0.3, 0.4) is 0 Å². The van der Waals surface area contributed by atoms with Crippen LogP contribution in [-0.2, 0) is 7.05 Å². The van der Waals surface area contributed by atoms with Crippen molar-refractivity contribution in [3.63, 3.8) is 0 Å². The van der Waals surface area contributed by atoms with Gasteiger partial charge in [-0.2, -0.15) is 5.10 Å². The highest BCUT2D eigenvalue weighted by molar-refractivity contribution is 5.62. The van der Waals surface area contributed by atoms with Gasteiger partial charge in [0.15, 0.2) is 5.82 Å². The molecule has 2 aromatic heterocycles. The Morgan fingerprint density at radius 1 is 1.31 bits per heavy atom. The third kappa shape index (κ3) is 1.64. The van der Waals surface area contributed by atoms with Gasteiger partial charge < -0.3 is 5.32 Å². The van der Waals surface area contributed by atoms with E-state index in [0.717, 1.165) is 28.6 Å². The average molecular weight is 217 g/mol. The molecule has 0 saturated heterocycles. The minimum absolute atomic E-state index is 0.718. The Morgan fingerprint density at radius 3 is 2.62 bits per heavy atom. The van der Waals surface area contributed by atoms with Gasteiger partial charge in [0.05, 0.1) is 11.3 Å². The molecule has 16 heavy (non-hydrogen) atoms. The summed E-state index contributed by atoms with van der Waals surface area (Å²) < 4.78 is 1.85. The highest BCUT2D eigenvalue weighted by Crippen LogP contribution is 2.23. The van der Waals surface area contributed by atoms with Crippen LogP contribution in [0.2, 0.25) is 0 Å². The van der Waals surface area contributed by atoms with E-state index in [0.29, 0.717) is 0 Å². The van der Waals surface area contributed by atoms with E-state index in [-0.39, 0.29) is 0 Å². The van der Waals surface area contributed by atoms with Gasteiger partial charge in [0, 0.05) is 26.0 Å². The van der Waals surface area contributed by atoms with Crippen molar-refractivity contribution in [3.05, 3.63) is 23.7 Å². The lowest BCUT2D eigenvalue weighted by atomic mass is 10.2. The number of aromatic nitrogens is 4. The summed E-state index contributed by atoms with van der Waals surface area (Å²) in [5.41, 5.74) is 3.04. The first-order valence-electron chi connectivity index (χ1n) is 5.15. The van der Waals surface area contributed by atoms with Crippen molar-refractivity contribution < 1.29 is 0 Å². The zero-order valence-electron chi connectivity index (χ0n) is 9.94. The van der Waals surface area contributed by atoms with E-state index in [9.17, 15) is 0 Å². The first-order chi connectivity index (χ1) is 7.63. The van der Waals surface area contributed by atoms with E-state index >= 15 is 0 Å². The summed E-state index contributed by atoms with van der Waals surface area (Å²) in [6.07, 6.45) is 1.75. The maximum absolute atomic E-state index is 4.42. The zero-order chi connectivity index (χ0) is 11.7. The molecule has 5 heteroatoms. The topological polar surface area (TPSA) is 55.6 Å². The monoisotopic (exact) mass is 217 g/mol. The Kier molecular flexibility index (Phi) is 2.60. The molecule has 0 unspecified atom stereocenters. The van der Waals surface area contributed by atoms with Crippen LogP contribution in [0.15, 0.2) is 12.3 Å². The maximum atomic E-state index is 4.42. The van der Waals surface area contributed by atoms with Crippen LogP contribution in [-0.4, -0.2) is 26.8 Å². The van der Waals surface area contributed by atoms with Crippen LogP contribution >= 0.6 is 0 Å². The van der Waals surface area contributed by atoms with E-state index in [4.69, 9.17) is 0 Å². The van der Waals surface area contributed by atoms with Gasteiger partial charge in [-0.3, -0.25) is 4.68 Å². The molecular formula is C11H15N5. The zero-order valence-corrected chi connectivity index (χ0v) is 9.94. The highest BCUT2D eigenvalue weighted by Gasteiger charge is 2.14. The molecule has 2 aromatic rings. The van der Waals surface area contributed by atoms with E-state index < -0.39 is 0 Å². The Bertz CT molecular complexity index is 515. The second kappa shape index (κ2) is 3.92. The van der Waals surface area contributed by atoms with Gasteiger partial charge in [0.25, 0.3) is 0 Å². The van der Waals surface area contributed by atoms with Crippen LogP contribution in [0.5, 0.6) is 0 Å². The Labute approximate surface area is 94.5 Å². The molecule has 0 atom stereocenters. The van der Waals surface area contributed by atoms with Gasteiger partial charge in [-0.15, -0.1) is 0 Å². The maximum Gasteiger partial charge on any atom is 0.165 e. The minimum Gasteiger partial charge on any atom is -0.373 e. The smallest absolute Gasteiger partial charge is 0.165 e. The first-order valence-corrected chi connectivity index (χ1v) is 5.15. The number of anilines is 1.